The number of hydrogen-bond donors (Lipinski definition) is 0. The van der Waals surface area contributed by atoms with Crippen molar-refractivity contribution in [3.05, 3.63) is 70.8 Å². The van der Waals surface area contributed by atoms with Gasteiger partial charge in [0.15, 0.2) is 23.9 Å². The van der Waals surface area contributed by atoms with Crippen LogP contribution in [0.2, 0.25) is 0 Å². The molecule has 1 fully saturated rings. The van der Waals surface area contributed by atoms with Crippen LogP contribution < -0.4 is 18.9 Å². The van der Waals surface area contributed by atoms with Gasteiger partial charge in [0.2, 0.25) is 12.1 Å². The van der Waals surface area contributed by atoms with Crippen molar-refractivity contribution in [2.45, 2.75) is 150 Å². The first kappa shape index (κ1) is 42.8. The lowest BCUT2D eigenvalue weighted by Gasteiger charge is -2.39. The summed E-state index contributed by atoms with van der Waals surface area (Å²) in [6, 6.07) is 16.3. The molecule has 0 amide bonds. The van der Waals surface area contributed by atoms with E-state index in [1.807, 2.05) is 0 Å². The quantitative estimate of drug-likeness (QED) is 0.101. The first-order valence-electron chi connectivity index (χ1n) is 22.2. The summed E-state index contributed by atoms with van der Waals surface area (Å²) < 4.78 is 33.3. The summed E-state index contributed by atoms with van der Waals surface area (Å²) in [5.74, 6) is 3.41. The molecule has 7 nitrogen and oxygen atoms in total. The van der Waals surface area contributed by atoms with Crippen molar-refractivity contribution in [1.29, 1.82) is 0 Å². The molecular weight excluding hydrogens is 707 g/mol. The Morgan fingerprint density at radius 2 is 1.32 bits per heavy atom. The zero-order chi connectivity index (χ0) is 41.2. The largest absolute Gasteiger partial charge is 0.704 e. The number of hydrogen-bond acceptors (Lipinski definition) is 4. The van der Waals surface area contributed by atoms with E-state index in [2.05, 4.69) is 153 Å². The molecule has 3 aliphatic rings. The molecule has 0 aliphatic carbocycles. The maximum Gasteiger partial charge on any atom is 0.704 e. The summed E-state index contributed by atoms with van der Waals surface area (Å²) in [7, 11) is 0. The second-order valence-electron chi connectivity index (χ2n) is 19.6. The number of nitrogens with zero attached hydrogens (tertiary/aromatic N) is 3. The number of benzene rings is 3. The molecule has 0 N–H and O–H groups in total. The third-order valence-electron chi connectivity index (χ3n) is 12.2. The van der Waals surface area contributed by atoms with Crippen LogP contribution in [0.4, 0.5) is 0 Å². The van der Waals surface area contributed by atoms with Crippen LogP contribution in [0, 0.1) is 0 Å². The standard InChI is InChI=1S/C50H74N3O4/c1-13-17-25-53(26-18-14-2,27-19-15-3)28-30-55-44-22-20-21-43(54-29-16-4)45(44)37-23-24-42-38(31-37)35-52-49(11,12)36-51-34-39-32-40(47(5,6)7)33-41(48(8,9)10)46(39)57-50(51,52)56-42/h20-24,31-35H,13-19,25-30,36H2,1-12H3/q+3. The fraction of sp³-hybridized carbons (Fsp3) is 0.600. The Bertz CT molecular complexity index is 1940. The molecule has 1 saturated heterocycles. The highest BCUT2D eigenvalue weighted by molar-refractivity contribution is 5.87. The Kier molecular flexibility index (Phi) is 12.6. The van der Waals surface area contributed by atoms with Crippen LogP contribution in [0.3, 0.4) is 0 Å². The molecule has 1 atom stereocenters. The van der Waals surface area contributed by atoms with E-state index in [1.54, 1.807) is 0 Å². The van der Waals surface area contributed by atoms with E-state index >= 15 is 0 Å². The van der Waals surface area contributed by atoms with Gasteiger partial charge in [-0.3, -0.25) is 0 Å². The minimum absolute atomic E-state index is 0.00684. The fourth-order valence-electron chi connectivity index (χ4n) is 8.81. The molecule has 1 spiro atoms. The van der Waals surface area contributed by atoms with Gasteiger partial charge in [-0.05, 0) is 78.0 Å². The number of rotatable bonds is 17. The van der Waals surface area contributed by atoms with Gasteiger partial charge in [0.05, 0.1) is 42.9 Å². The van der Waals surface area contributed by atoms with Crippen LogP contribution >= 0.6 is 0 Å². The lowest BCUT2D eigenvalue weighted by atomic mass is 9.79. The van der Waals surface area contributed by atoms with Crippen molar-refractivity contribution in [3.8, 4) is 34.1 Å². The van der Waals surface area contributed by atoms with Crippen LogP contribution in [0.1, 0.15) is 150 Å². The third-order valence-corrected chi connectivity index (χ3v) is 12.2. The van der Waals surface area contributed by atoms with Crippen LogP contribution in [-0.2, 0) is 10.8 Å². The molecule has 1 unspecified atom stereocenters. The van der Waals surface area contributed by atoms with Crippen LogP contribution in [0.15, 0.2) is 48.5 Å². The van der Waals surface area contributed by atoms with Gasteiger partial charge in [-0.15, -0.1) is 0 Å². The molecule has 0 aromatic heterocycles. The molecular formula is C50H74N3O4+3. The highest BCUT2D eigenvalue weighted by atomic mass is 16.7. The molecule has 7 heteroatoms. The van der Waals surface area contributed by atoms with E-state index in [-0.39, 0.29) is 16.4 Å². The summed E-state index contributed by atoms with van der Waals surface area (Å²) in [6.07, 6.45) is 12.9. The molecule has 3 aromatic carbocycles. The normalized spacial score (nSPS) is 18.3. The number of quaternary nitrogens is 1. The van der Waals surface area contributed by atoms with Gasteiger partial charge in [0, 0.05) is 19.4 Å². The van der Waals surface area contributed by atoms with Crippen molar-refractivity contribution in [2.75, 3.05) is 45.9 Å². The molecule has 0 saturated carbocycles. The first-order valence-corrected chi connectivity index (χ1v) is 22.2. The van der Waals surface area contributed by atoms with Crippen molar-refractivity contribution in [1.82, 2.24) is 0 Å². The first-order chi connectivity index (χ1) is 27.0. The average Bonchev–Trinajstić information content (AvgIpc) is 3.38. The number of fused-ring (bicyclic) bond motifs is 2. The third kappa shape index (κ3) is 8.79. The van der Waals surface area contributed by atoms with E-state index in [4.69, 9.17) is 18.9 Å². The van der Waals surface area contributed by atoms with Crippen molar-refractivity contribution >= 4 is 12.4 Å². The van der Waals surface area contributed by atoms with Gasteiger partial charge < -0.3 is 23.4 Å². The number of unbranched alkanes of at least 4 members (excludes halogenated alkanes) is 3. The predicted molar refractivity (Wildman–Crippen MR) is 235 cm³/mol. The second-order valence-corrected chi connectivity index (χ2v) is 19.6. The second kappa shape index (κ2) is 16.8. The minimum Gasteiger partial charge on any atom is -0.493 e. The summed E-state index contributed by atoms with van der Waals surface area (Å²) in [5.41, 5.74) is 6.26. The maximum absolute atomic E-state index is 7.23. The molecule has 57 heavy (non-hydrogen) atoms. The SMILES string of the molecule is CCCC[N+](CCCC)(CCCC)CCOc1cccc(OCCC)c1-c1ccc2c(c1)C=[N+]1C(C)(C)C[N+]3=Cc4cc(C(C)(C)C)cc(C(C)(C)C)c4OC31O2. The maximum atomic E-state index is 7.23. The van der Waals surface area contributed by atoms with Gasteiger partial charge in [0.1, 0.15) is 24.7 Å². The van der Waals surface area contributed by atoms with Crippen molar-refractivity contribution in [3.63, 3.8) is 0 Å². The Labute approximate surface area is 345 Å². The molecule has 6 rings (SSSR count). The molecule has 0 radical (unpaired) electrons. The minimum atomic E-state index is -1.14. The smallest absolute Gasteiger partial charge is 0.493 e. The van der Waals surface area contributed by atoms with Gasteiger partial charge in [-0.1, -0.05) is 116 Å². The molecule has 3 heterocycles. The lowest BCUT2D eigenvalue weighted by molar-refractivity contribution is -0.928. The Morgan fingerprint density at radius 3 is 1.89 bits per heavy atom. The van der Waals surface area contributed by atoms with E-state index in [9.17, 15) is 0 Å². The molecule has 310 valence electrons. The Morgan fingerprint density at radius 1 is 0.684 bits per heavy atom. The van der Waals surface area contributed by atoms with Crippen molar-refractivity contribution in [2.24, 2.45) is 0 Å². The Hall–Kier alpha value is -3.84. The Balaban J connectivity index is 1.38. The fourth-order valence-corrected chi connectivity index (χ4v) is 8.81. The monoisotopic (exact) mass is 781 g/mol. The lowest BCUT2D eigenvalue weighted by Crippen LogP contribution is -2.61. The van der Waals surface area contributed by atoms with Crippen LogP contribution in [-0.4, -0.2) is 83.6 Å². The topological polar surface area (TPSA) is 42.9 Å². The zero-order valence-electron chi connectivity index (χ0n) is 37.6. The highest BCUT2D eigenvalue weighted by Gasteiger charge is 2.75. The van der Waals surface area contributed by atoms with E-state index in [1.165, 1.54) is 69.3 Å². The van der Waals surface area contributed by atoms with E-state index < -0.39 is 6.03 Å². The average molecular weight is 781 g/mol. The zero-order valence-corrected chi connectivity index (χ0v) is 37.6. The molecule has 3 aliphatic heterocycles. The van der Waals surface area contributed by atoms with Gasteiger partial charge in [-0.2, -0.15) is 0 Å². The van der Waals surface area contributed by atoms with Crippen molar-refractivity contribution < 1.29 is 32.6 Å². The van der Waals surface area contributed by atoms with E-state index in [0.717, 1.165) is 69.2 Å². The summed E-state index contributed by atoms with van der Waals surface area (Å²) >= 11 is 0. The van der Waals surface area contributed by atoms with Gasteiger partial charge >= 0.3 is 6.03 Å². The molecule has 3 aromatic rings. The summed E-state index contributed by atoms with van der Waals surface area (Å²) in [6.45, 7) is 34.0. The summed E-state index contributed by atoms with van der Waals surface area (Å²) in [5, 5.41) is 0. The van der Waals surface area contributed by atoms with E-state index in [0.29, 0.717) is 13.2 Å². The number of ether oxygens (including phenoxy) is 4. The molecule has 0 bridgehead atoms. The van der Waals surface area contributed by atoms with Crippen LogP contribution in [0.25, 0.3) is 11.1 Å². The van der Waals surface area contributed by atoms with Gasteiger partial charge in [0.25, 0.3) is 0 Å². The van der Waals surface area contributed by atoms with Gasteiger partial charge in [-0.25, -0.2) is 0 Å². The van der Waals surface area contributed by atoms with Crippen LogP contribution in [0.5, 0.6) is 23.0 Å². The predicted octanol–water partition coefficient (Wildman–Crippen LogP) is 11.1. The highest BCUT2D eigenvalue weighted by Crippen LogP contribution is 2.47. The summed E-state index contributed by atoms with van der Waals surface area (Å²) in [4.78, 5) is 0.